The number of hydrogen-bond acceptors (Lipinski definition) is 6. The first-order valence-electron chi connectivity index (χ1n) is 12.2. The SMILES string of the molecule is CS(=O)(=O)c1ccc(C(=O)N2CCC(C(C3CC3)S(=O)(=O)c3cccc(C(F)(F)F)c3)CC2)c(OC(F)(F)F)c1. The molecule has 1 amide bonds. The van der Waals surface area contributed by atoms with Crippen molar-refractivity contribution in [2.24, 2.45) is 11.8 Å². The number of amides is 1. The second kappa shape index (κ2) is 10.5. The number of alkyl halides is 6. The van der Waals surface area contributed by atoms with Crippen molar-refractivity contribution in [1.29, 1.82) is 0 Å². The molecule has 1 heterocycles. The van der Waals surface area contributed by atoms with Gasteiger partial charge in [0, 0.05) is 19.3 Å². The fourth-order valence-corrected chi connectivity index (χ4v) is 8.11. The zero-order valence-electron chi connectivity index (χ0n) is 21.0. The van der Waals surface area contributed by atoms with Crippen LogP contribution in [-0.2, 0) is 25.9 Å². The summed E-state index contributed by atoms with van der Waals surface area (Å²) in [5.41, 5.74) is -1.60. The number of sulfone groups is 2. The van der Waals surface area contributed by atoms with Gasteiger partial charge in [0.25, 0.3) is 5.91 Å². The van der Waals surface area contributed by atoms with Crippen LogP contribution in [-0.4, -0.2) is 58.6 Å². The van der Waals surface area contributed by atoms with E-state index in [1.165, 1.54) is 4.90 Å². The average molecular weight is 614 g/mol. The Morgan fingerprint density at radius 1 is 0.875 bits per heavy atom. The van der Waals surface area contributed by atoms with E-state index in [1.807, 2.05) is 0 Å². The Morgan fingerprint density at radius 2 is 1.48 bits per heavy atom. The van der Waals surface area contributed by atoms with Crippen molar-refractivity contribution in [3.05, 3.63) is 53.6 Å². The number of likely N-dealkylation sites (tertiary alicyclic amines) is 1. The standard InChI is InChI=1S/C25H25F6NO6S2/c1-39(34,35)18-7-8-20(21(14-18)38-25(29,30)31)23(33)32-11-9-16(10-12-32)22(15-5-6-15)40(36,37)19-4-2-3-17(13-19)24(26,27)28/h2-4,7-8,13-16,22H,5-6,9-12H2,1H3. The minimum atomic E-state index is -5.20. The molecule has 1 aliphatic carbocycles. The summed E-state index contributed by atoms with van der Waals surface area (Å²) < 4.78 is 133. The summed E-state index contributed by atoms with van der Waals surface area (Å²) in [6.45, 7) is -0.0474. The van der Waals surface area contributed by atoms with Crippen molar-refractivity contribution >= 4 is 25.6 Å². The van der Waals surface area contributed by atoms with Gasteiger partial charge in [0.1, 0.15) is 5.75 Å². The zero-order chi connectivity index (χ0) is 29.7. The maximum atomic E-state index is 13.5. The minimum absolute atomic E-state index is 0.0237. The lowest BCUT2D eigenvalue weighted by Gasteiger charge is -2.36. The van der Waals surface area contributed by atoms with Crippen molar-refractivity contribution in [2.45, 2.75) is 53.3 Å². The van der Waals surface area contributed by atoms with Crippen LogP contribution in [0.15, 0.2) is 52.3 Å². The number of rotatable bonds is 7. The molecule has 0 aromatic heterocycles. The number of nitrogens with zero attached hydrogens (tertiary/aromatic N) is 1. The number of hydrogen-bond donors (Lipinski definition) is 0. The van der Waals surface area contributed by atoms with Crippen LogP contribution in [0.25, 0.3) is 0 Å². The Labute approximate surface area is 226 Å². The molecule has 0 bridgehead atoms. The molecule has 1 saturated carbocycles. The van der Waals surface area contributed by atoms with E-state index in [0.717, 1.165) is 36.6 Å². The molecule has 4 rings (SSSR count). The molecule has 2 fully saturated rings. The summed E-state index contributed by atoms with van der Waals surface area (Å²) in [5.74, 6) is -2.58. The van der Waals surface area contributed by atoms with Crippen LogP contribution >= 0.6 is 0 Å². The van der Waals surface area contributed by atoms with Crippen molar-refractivity contribution in [2.75, 3.05) is 19.3 Å². The summed E-state index contributed by atoms with van der Waals surface area (Å²) in [7, 11) is -8.07. The molecule has 2 aromatic carbocycles. The maximum absolute atomic E-state index is 13.5. The first kappa shape index (κ1) is 30.2. The lowest BCUT2D eigenvalue weighted by atomic mass is 9.90. The van der Waals surface area contributed by atoms with Gasteiger partial charge < -0.3 is 9.64 Å². The van der Waals surface area contributed by atoms with Crippen LogP contribution in [0.3, 0.4) is 0 Å². The number of ether oxygens (including phenoxy) is 1. The Balaban J connectivity index is 1.55. The molecule has 1 saturated heterocycles. The van der Waals surface area contributed by atoms with E-state index in [2.05, 4.69) is 4.74 Å². The van der Waals surface area contributed by atoms with Crippen LogP contribution in [0.4, 0.5) is 26.3 Å². The molecular formula is C25H25F6NO6S2. The van der Waals surface area contributed by atoms with Gasteiger partial charge in [0.2, 0.25) is 0 Å². The highest BCUT2D eigenvalue weighted by molar-refractivity contribution is 7.92. The molecule has 0 spiro atoms. The van der Waals surface area contributed by atoms with Crippen molar-refractivity contribution in [3.8, 4) is 5.75 Å². The fraction of sp³-hybridized carbons (Fsp3) is 0.480. The molecule has 1 aliphatic heterocycles. The molecule has 1 atom stereocenters. The number of halogens is 6. The van der Waals surface area contributed by atoms with Gasteiger partial charge in [0.05, 0.1) is 26.2 Å². The van der Waals surface area contributed by atoms with Crippen LogP contribution < -0.4 is 4.74 Å². The van der Waals surface area contributed by atoms with Gasteiger partial charge in [-0.3, -0.25) is 4.79 Å². The number of benzene rings is 2. The van der Waals surface area contributed by atoms with Gasteiger partial charge in [-0.2, -0.15) is 13.2 Å². The Hall–Kier alpha value is -2.81. The van der Waals surface area contributed by atoms with E-state index in [0.29, 0.717) is 25.0 Å². The first-order chi connectivity index (χ1) is 18.4. The summed E-state index contributed by atoms with van der Waals surface area (Å²) in [6.07, 6.45) is -7.65. The lowest BCUT2D eigenvalue weighted by molar-refractivity contribution is -0.274. The molecular weight excluding hydrogens is 588 g/mol. The highest BCUT2D eigenvalue weighted by Crippen LogP contribution is 2.45. The third-order valence-electron chi connectivity index (χ3n) is 7.06. The summed E-state index contributed by atoms with van der Waals surface area (Å²) in [6, 6.07) is 6.10. The van der Waals surface area contributed by atoms with Crippen LogP contribution in [0.2, 0.25) is 0 Å². The van der Waals surface area contributed by atoms with Crippen LogP contribution in [0.5, 0.6) is 5.75 Å². The second-order valence-corrected chi connectivity index (χ2v) is 14.1. The Kier molecular flexibility index (Phi) is 7.95. The minimum Gasteiger partial charge on any atom is -0.405 e. The molecule has 0 radical (unpaired) electrons. The molecule has 220 valence electrons. The molecule has 40 heavy (non-hydrogen) atoms. The van der Waals surface area contributed by atoms with Gasteiger partial charge in [-0.15, -0.1) is 13.2 Å². The summed E-state index contributed by atoms with van der Waals surface area (Å²) in [4.78, 5) is 13.5. The maximum Gasteiger partial charge on any atom is 0.573 e. The largest absolute Gasteiger partial charge is 0.573 e. The average Bonchev–Trinajstić information content (AvgIpc) is 3.67. The topological polar surface area (TPSA) is 97.8 Å². The number of piperidine rings is 1. The highest BCUT2D eigenvalue weighted by Gasteiger charge is 2.47. The summed E-state index contributed by atoms with van der Waals surface area (Å²) >= 11 is 0. The van der Waals surface area contributed by atoms with Gasteiger partial charge in [-0.05, 0) is 73.9 Å². The molecule has 2 aromatic rings. The Morgan fingerprint density at radius 3 is 2.00 bits per heavy atom. The smallest absolute Gasteiger partial charge is 0.405 e. The Bertz CT molecular complexity index is 1490. The number of carbonyl (C=O) groups is 1. The first-order valence-corrected chi connectivity index (χ1v) is 15.6. The van der Waals surface area contributed by atoms with E-state index >= 15 is 0 Å². The second-order valence-electron chi connectivity index (χ2n) is 9.98. The fourth-order valence-electron chi connectivity index (χ4n) is 5.04. The van der Waals surface area contributed by atoms with Crippen molar-refractivity contribution in [1.82, 2.24) is 4.90 Å². The summed E-state index contributed by atoms with van der Waals surface area (Å²) in [5, 5.41) is -0.966. The predicted molar refractivity (Wildman–Crippen MR) is 130 cm³/mol. The lowest BCUT2D eigenvalue weighted by Crippen LogP contribution is -2.44. The predicted octanol–water partition coefficient (Wildman–Crippen LogP) is 5.11. The van der Waals surface area contributed by atoms with Crippen molar-refractivity contribution < 1.29 is 52.7 Å². The van der Waals surface area contributed by atoms with Gasteiger partial charge >= 0.3 is 12.5 Å². The van der Waals surface area contributed by atoms with Gasteiger partial charge in [-0.25, -0.2) is 16.8 Å². The van der Waals surface area contributed by atoms with E-state index < -0.39 is 76.0 Å². The van der Waals surface area contributed by atoms with Crippen LogP contribution in [0.1, 0.15) is 41.6 Å². The monoisotopic (exact) mass is 613 g/mol. The van der Waals surface area contributed by atoms with E-state index in [1.54, 1.807) is 0 Å². The zero-order valence-corrected chi connectivity index (χ0v) is 22.6. The van der Waals surface area contributed by atoms with E-state index in [9.17, 15) is 48.0 Å². The normalized spacial score (nSPS) is 18.4. The highest BCUT2D eigenvalue weighted by atomic mass is 32.2. The van der Waals surface area contributed by atoms with Gasteiger partial charge in [-0.1, -0.05) is 6.07 Å². The third kappa shape index (κ3) is 6.73. The molecule has 0 N–H and O–H groups in total. The quantitative estimate of drug-likeness (QED) is 0.403. The molecule has 1 unspecified atom stereocenters. The molecule has 2 aliphatic rings. The van der Waals surface area contributed by atoms with E-state index in [-0.39, 0.29) is 31.8 Å². The molecule has 7 nitrogen and oxygen atoms in total. The van der Waals surface area contributed by atoms with Gasteiger partial charge in [0.15, 0.2) is 19.7 Å². The van der Waals surface area contributed by atoms with Crippen molar-refractivity contribution in [3.63, 3.8) is 0 Å². The molecule has 15 heteroatoms. The third-order valence-corrected chi connectivity index (χ3v) is 10.6. The van der Waals surface area contributed by atoms with E-state index in [4.69, 9.17) is 0 Å². The van der Waals surface area contributed by atoms with Crippen LogP contribution in [0, 0.1) is 11.8 Å². The number of carbonyl (C=O) groups excluding carboxylic acids is 1.